The number of rotatable bonds is 7. The lowest BCUT2D eigenvalue weighted by molar-refractivity contribution is -0.139. The molecule has 0 spiro atoms. The predicted octanol–water partition coefficient (Wildman–Crippen LogP) is 2.21. The Balaban J connectivity index is 2.58. The van der Waals surface area contributed by atoms with Crippen LogP contribution in [0.1, 0.15) is 48.0 Å². The van der Waals surface area contributed by atoms with E-state index in [1.807, 2.05) is 0 Å². The van der Waals surface area contributed by atoms with Gasteiger partial charge >= 0.3 is 5.97 Å². The van der Waals surface area contributed by atoms with Gasteiger partial charge in [0, 0.05) is 0 Å². The molecular formula is C12H18N2O3S. The number of carbonyl (C=O) groups excluding carboxylic acids is 1. The normalized spacial score (nSPS) is 12.1. The van der Waals surface area contributed by atoms with Gasteiger partial charge in [-0.05, 0) is 13.3 Å². The van der Waals surface area contributed by atoms with Crippen LogP contribution in [0.25, 0.3) is 0 Å². The van der Waals surface area contributed by atoms with E-state index < -0.39 is 12.0 Å². The van der Waals surface area contributed by atoms with Crippen molar-refractivity contribution in [2.75, 3.05) is 0 Å². The van der Waals surface area contributed by atoms with Gasteiger partial charge in [0.2, 0.25) is 0 Å². The predicted molar refractivity (Wildman–Crippen MR) is 69.9 cm³/mol. The van der Waals surface area contributed by atoms with Crippen LogP contribution in [0, 0.1) is 6.92 Å². The van der Waals surface area contributed by atoms with Crippen LogP contribution in [-0.4, -0.2) is 28.0 Å². The highest BCUT2D eigenvalue weighted by atomic mass is 32.1. The molecule has 1 rings (SSSR count). The molecule has 0 aliphatic carbocycles. The smallest absolute Gasteiger partial charge is 0.326 e. The fourth-order valence-corrected chi connectivity index (χ4v) is 2.30. The number of hydrogen-bond donors (Lipinski definition) is 2. The molecule has 0 saturated heterocycles. The first-order valence-electron chi connectivity index (χ1n) is 6.00. The minimum Gasteiger partial charge on any atom is -0.480 e. The van der Waals surface area contributed by atoms with Crippen molar-refractivity contribution in [2.24, 2.45) is 0 Å². The van der Waals surface area contributed by atoms with Crippen molar-refractivity contribution in [2.45, 2.75) is 45.6 Å². The van der Waals surface area contributed by atoms with Gasteiger partial charge in [-0.25, -0.2) is 9.78 Å². The van der Waals surface area contributed by atoms with E-state index in [0.29, 0.717) is 17.0 Å². The van der Waals surface area contributed by atoms with Crippen molar-refractivity contribution in [1.29, 1.82) is 0 Å². The SMILES string of the molecule is CCCCCC(NC(=O)c1scnc1C)C(=O)O. The van der Waals surface area contributed by atoms with Crippen molar-refractivity contribution in [3.05, 3.63) is 16.1 Å². The number of carboxylic acids is 1. The monoisotopic (exact) mass is 270 g/mol. The first-order chi connectivity index (χ1) is 8.56. The summed E-state index contributed by atoms with van der Waals surface area (Å²) in [6.45, 7) is 3.79. The molecule has 0 aliphatic heterocycles. The Bertz CT molecular complexity index is 417. The Kier molecular flexibility index (Phi) is 5.77. The molecule has 0 radical (unpaired) electrons. The Labute approximate surface area is 110 Å². The lowest BCUT2D eigenvalue weighted by atomic mass is 10.1. The summed E-state index contributed by atoms with van der Waals surface area (Å²) in [5.74, 6) is -1.33. The van der Waals surface area contributed by atoms with Crippen LogP contribution in [0.15, 0.2) is 5.51 Å². The third-order valence-corrected chi connectivity index (χ3v) is 3.58. The van der Waals surface area contributed by atoms with Crippen LogP contribution in [0.5, 0.6) is 0 Å². The number of nitrogens with zero attached hydrogens (tertiary/aromatic N) is 1. The summed E-state index contributed by atoms with van der Waals surface area (Å²) in [5.41, 5.74) is 2.21. The lowest BCUT2D eigenvalue weighted by Gasteiger charge is -2.13. The number of nitrogens with one attached hydrogen (secondary N) is 1. The van der Waals surface area contributed by atoms with E-state index in [1.165, 1.54) is 11.3 Å². The number of carboxylic acid groups (broad SMARTS) is 1. The van der Waals surface area contributed by atoms with Crippen LogP contribution in [-0.2, 0) is 4.79 Å². The highest BCUT2D eigenvalue weighted by molar-refractivity contribution is 7.11. The maximum absolute atomic E-state index is 11.9. The highest BCUT2D eigenvalue weighted by Crippen LogP contribution is 2.13. The number of aliphatic carboxylic acids is 1. The minimum atomic E-state index is -0.985. The van der Waals surface area contributed by atoms with Crippen LogP contribution in [0.3, 0.4) is 0 Å². The summed E-state index contributed by atoms with van der Waals surface area (Å²) in [6.07, 6.45) is 3.26. The fourth-order valence-electron chi connectivity index (χ4n) is 1.60. The molecule has 1 aromatic rings. The van der Waals surface area contributed by atoms with E-state index >= 15 is 0 Å². The Morgan fingerprint density at radius 2 is 2.22 bits per heavy atom. The molecule has 1 aromatic heterocycles. The molecular weight excluding hydrogens is 252 g/mol. The van der Waals surface area contributed by atoms with Crippen molar-refractivity contribution < 1.29 is 14.7 Å². The zero-order valence-electron chi connectivity index (χ0n) is 10.6. The van der Waals surface area contributed by atoms with E-state index in [1.54, 1.807) is 12.4 Å². The van der Waals surface area contributed by atoms with Gasteiger partial charge in [0.25, 0.3) is 5.91 Å². The van der Waals surface area contributed by atoms with Crippen molar-refractivity contribution in [3.8, 4) is 0 Å². The molecule has 100 valence electrons. The van der Waals surface area contributed by atoms with Gasteiger partial charge in [0.05, 0.1) is 11.2 Å². The zero-order valence-corrected chi connectivity index (χ0v) is 11.4. The summed E-state index contributed by atoms with van der Waals surface area (Å²) in [7, 11) is 0. The molecule has 0 saturated carbocycles. The van der Waals surface area contributed by atoms with Crippen molar-refractivity contribution >= 4 is 23.2 Å². The van der Waals surface area contributed by atoms with Gasteiger partial charge in [-0.3, -0.25) is 4.79 Å². The Hall–Kier alpha value is -1.43. The molecule has 1 heterocycles. The maximum Gasteiger partial charge on any atom is 0.326 e. The van der Waals surface area contributed by atoms with E-state index in [4.69, 9.17) is 5.11 Å². The van der Waals surface area contributed by atoms with Crippen LogP contribution in [0.4, 0.5) is 0 Å². The molecule has 2 N–H and O–H groups in total. The molecule has 0 aliphatic rings. The topological polar surface area (TPSA) is 79.3 Å². The molecule has 1 unspecified atom stereocenters. The van der Waals surface area contributed by atoms with E-state index in [2.05, 4.69) is 17.2 Å². The third kappa shape index (κ3) is 4.10. The summed E-state index contributed by atoms with van der Waals surface area (Å²) in [5, 5.41) is 11.6. The Morgan fingerprint density at radius 3 is 2.72 bits per heavy atom. The molecule has 1 amide bonds. The average Bonchev–Trinajstić information content (AvgIpc) is 2.74. The van der Waals surface area contributed by atoms with E-state index in [9.17, 15) is 9.59 Å². The number of hydrogen-bond acceptors (Lipinski definition) is 4. The number of amides is 1. The second kappa shape index (κ2) is 7.10. The third-order valence-electron chi connectivity index (χ3n) is 2.65. The quantitative estimate of drug-likeness (QED) is 0.744. The van der Waals surface area contributed by atoms with Crippen LogP contribution in [0.2, 0.25) is 0 Å². The minimum absolute atomic E-state index is 0.348. The number of unbranched alkanes of at least 4 members (excludes halogenated alkanes) is 2. The average molecular weight is 270 g/mol. The largest absolute Gasteiger partial charge is 0.480 e. The molecule has 0 bridgehead atoms. The van der Waals surface area contributed by atoms with Crippen molar-refractivity contribution in [3.63, 3.8) is 0 Å². The second-order valence-corrected chi connectivity index (χ2v) is 4.98. The van der Waals surface area contributed by atoms with Gasteiger partial charge in [0.1, 0.15) is 10.9 Å². The summed E-state index contributed by atoms with van der Waals surface area (Å²) < 4.78 is 0. The second-order valence-electron chi connectivity index (χ2n) is 4.13. The van der Waals surface area contributed by atoms with Crippen molar-refractivity contribution in [1.82, 2.24) is 10.3 Å². The molecule has 0 aromatic carbocycles. The van der Waals surface area contributed by atoms with Gasteiger partial charge in [-0.15, -0.1) is 11.3 Å². The van der Waals surface area contributed by atoms with Gasteiger partial charge in [0.15, 0.2) is 0 Å². The first kappa shape index (κ1) is 14.6. The summed E-state index contributed by atoms with van der Waals surface area (Å²) in [4.78, 5) is 27.4. The van der Waals surface area contributed by atoms with E-state index in [0.717, 1.165) is 19.3 Å². The van der Waals surface area contributed by atoms with Gasteiger partial charge in [-0.2, -0.15) is 0 Å². The molecule has 6 heteroatoms. The standard InChI is InChI=1S/C12H18N2O3S/c1-3-4-5-6-9(12(16)17)14-11(15)10-8(2)13-7-18-10/h7,9H,3-6H2,1-2H3,(H,14,15)(H,16,17). The number of aromatic nitrogens is 1. The number of carbonyl (C=O) groups is 2. The van der Waals surface area contributed by atoms with Gasteiger partial charge in [-0.1, -0.05) is 26.2 Å². The maximum atomic E-state index is 11.9. The zero-order chi connectivity index (χ0) is 13.5. The summed E-state index contributed by atoms with van der Waals surface area (Å²) >= 11 is 1.22. The molecule has 1 atom stereocenters. The van der Waals surface area contributed by atoms with Crippen LogP contribution >= 0.6 is 11.3 Å². The molecule has 0 fully saturated rings. The molecule has 5 nitrogen and oxygen atoms in total. The van der Waals surface area contributed by atoms with Crippen LogP contribution < -0.4 is 5.32 Å². The van der Waals surface area contributed by atoms with Gasteiger partial charge < -0.3 is 10.4 Å². The lowest BCUT2D eigenvalue weighted by Crippen LogP contribution is -2.40. The highest BCUT2D eigenvalue weighted by Gasteiger charge is 2.21. The first-order valence-corrected chi connectivity index (χ1v) is 6.88. The fraction of sp³-hybridized carbons (Fsp3) is 0.583. The number of thiazole rings is 1. The Morgan fingerprint density at radius 1 is 1.50 bits per heavy atom. The number of aryl methyl sites for hydroxylation is 1. The summed E-state index contributed by atoms with van der Waals surface area (Å²) in [6, 6.07) is -0.814. The van der Waals surface area contributed by atoms with E-state index in [-0.39, 0.29) is 5.91 Å². The molecule has 18 heavy (non-hydrogen) atoms.